The molecule has 0 aromatic carbocycles. The summed E-state index contributed by atoms with van der Waals surface area (Å²) in [5.41, 5.74) is 6.21. The normalized spacial score (nSPS) is 12.5. The summed E-state index contributed by atoms with van der Waals surface area (Å²) >= 11 is -2.08. The average Bonchev–Trinajstić information content (AvgIpc) is 2.08. The molecule has 0 fully saturated rings. The van der Waals surface area contributed by atoms with Crippen LogP contribution in [0.4, 0.5) is 5.82 Å². The second-order valence-electron chi connectivity index (χ2n) is 2.40. The lowest BCUT2D eigenvalue weighted by molar-refractivity contribution is 0.570. The molecular weight excluding hydrogens is 190 g/mol. The van der Waals surface area contributed by atoms with Gasteiger partial charge in [0.15, 0.2) is 0 Å². The molecule has 5 nitrogen and oxygen atoms in total. The molecule has 0 saturated heterocycles. The topological polar surface area (TPSA) is 88.2 Å². The summed E-state index contributed by atoms with van der Waals surface area (Å²) in [4.78, 5) is 3.92. The van der Waals surface area contributed by atoms with Crippen LogP contribution in [0.3, 0.4) is 0 Å². The molecule has 0 aliphatic carbocycles. The number of nitrogens with zero attached hydrogens (tertiary/aromatic N) is 1. The van der Waals surface area contributed by atoms with Gasteiger partial charge in [0.05, 0.1) is 0 Å². The Labute approximate surface area is 78.8 Å². The van der Waals surface area contributed by atoms with Gasteiger partial charge in [0.2, 0.25) is 0 Å². The van der Waals surface area contributed by atoms with Crippen LogP contribution in [0.25, 0.3) is 0 Å². The van der Waals surface area contributed by atoms with Crippen molar-refractivity contribution < 1.29 is 8.76 Å². The third-order valence-corrected chi connectivity index (χ3v) is 1.86. The molecule has 0 bridgehead atoms. The molecule has 4 N–H and O–H groups in total. The lowest BCUT2D eigenvalue weighted by Gasteiger charge is -2.05. The van der Waals surface area contributed by atoms with Crippen LogP contribution >= 0.6 is 0 Å². The SMILES string of the molecule is NCCc1cccnc1NS(=O)O. The molecular formula is C7H11N3O2S. The van der Waals surface area contributed by atoms with Crippen molar-refractivity contribution in [2.75, 3.05) is 11.3 Å². The fourth-order valence-corrected chi connectivity index (χ4v) is 1.32. The van der Waals surface area contributed by atoms with Gasteiger partial charge in [0.25, 0.3) is 11.3 Å². The van der Waals surface area contributed by atoms with Crippen LogP contribution in [0, 0.1) is 0 Å². The van der Waals surface area contributed by atoms with E-state index in [1.807, 2.05) is 6.07 Å². The van der Waals surface area contributed by atoms with Gasteiger partial charge in [0, 0.05) is 6.20 Å². The summed E-state index contributed by atoms with van der Waals surface area (Å²) in [5, 5.41) is 0. The zero-order valence-corrected chi connectivity index (χ0v) is 7.75. The molecule has 1 aromatic rings. The second kappa shape index (κ2) is 4.90. The molecule has 13 heavy (non-hydrogen) atoms. The molecule has 0 radical (unpaired) electrons. The molecule has 72 valence electrons. The third kappa shape index (κ3) is 3.10. The molecule has 6 heteroatoms. The Morgan fingerprint density at radius 1 is 1.69 bits per heavy atom. The van der Waals surface area contributed by atoms with Gasteiger partial charge in [-0.1, -0.05) is 6.07 Å². The highest BCUT2D eigenvalue weighted by Crippen LogP contribution is 2.11. The minimum Gasteiger partial charge on any atom is -0.330 e. The van der Waals surface area contributed by atoms with Gasteiger partial charge in [-0.15, -0.1) is 0 Å². The quantitative estimate of drug-likeness (QED) is 0.604. The van der Waals surface area contributed by atoms with Crippen LogP contribution in [0.15, 0.2) is 18.3 Å². The van der Waals surface area contributed by atoms with Gasteiger partial charge in [-0.25, -0.2) is 9.19 Å². The fourth-order valence-electron chi connectivity index (χ4n) is 0.970. The molecule has 1 heterocycles. The maximum Gasteiger partial charge on any atom is 0.260 e. The standard InChI is InChI=1S/C7H11N3O2S/c8-4-3-6-2-1-5-9-7(6)10-13(11)12/h1-2,5H,3-4,8H2,(H,9,10)(H,11,12). The first-order valence-corrected chi connectivity index (χ1v) is 4.86. The number of rotatable bonds is 4. The Hall–Kier alpha value is -0.980. The van der Waals surface area contributed by atoms with Crippen molar-refractivity contribution in [2.24, 2.45) is 5.73 Å². The average molecular weight is 201 g/mol. The van der Waals surface area contributed by atoms with E-state index in [0.29, 0.717) is 18.8 Å². The van der Waals surface area contributed by atoms with Gasteiger partial charge in [-0.3, -0.25) is 9.27 Å². The Balaban J connectivity index is 2.84. The molecule has 0 aliphatic heterocycles. The Morgan fingerprint density at radius 3 is 3.08 bits per heavy atom. The second-order valence-corrected chi connectivity index (χ2v) is 3.10. The molecule has 0 saturated carbocycles. The number of hydrogen-bond acceptors (Lipinski definition) is 3. The van der Waals surface area contributed by atoms with Gasteiger partial charge < -0.3 is 5.73 Å². The Kier molecular flexibility index (Phi) is 3.81. The zero-order valence-electron chi connectivity index (χ0n) is 6.93. The van der Waals surface area contributed by atoms with Gasteiger partial charge in [-0.05, 0) is 24.6 Å². The summed E-state index contributed by atoms with van der Waals surface area (Å²) in [6.45, 7) is 0.485. The van der Waals surface area contributed by atoms with Crippen LogP contribution in [-0.2, 0) is 17.7 Å². The van der Waals surface area contributed by atoms with Crippen molar-refractivity contribution in [2.45, 2.75) is 6.42 Å². The van der Waals surface area contributed by atoms with Gasteiger partial charge >= 0.3 is 0 Å². The maximum atomic E-state index is 10.5. The number of pyridine rings is 1. The van der Waals surface area contributed by atoms with Crippen LogP contribution in [0.2, 0.25) is 0 Å². The lowest BCUT2D eigenvalue weighted by atomic mass is 10.2. The van der Waals surface area contributed by atoms with E-state index in [1.54, 1.807) is 12.3 Å². The highest BCUT2D eigenvalue weighted by atomic mass is 32.2. The third-order valence-electron chi connectivity index (χ3n) is 1.49. The minimum atomic E-state index is -2.08. The smallest absolute Gasteiger partial charge is 0.260 e. The number of hydrogen-bond donors (Lipinski definition) is 3. The van der Waals surface area contributed by atoms with Crippen LogP contribution < -0.4 is 10.5 Å². The van der Waals surface area contributed by atoms with Crippen molar-refractivity contribution in [3.05, 3.63) is 23.9 Å². The lowest BCUT2D eigenvalue weighted by Crippen LogP contribution is -2.09. The van der Waals surface area contributed by atoms with E-state index in [2.05, 4.69) is 9.71 Å². The van der Waals surface area contributed by atoms with E-state index in [-0.39, 0.29) is 0 Å². The van der Waals surface area contributed by atoms with Gasteiger partial charge in [0.1, 0.15) is 5.82 Å². The summed E-state index contributed by atoms with van der Waals surface area (Å²) in [6, 6.07) is 3.57. The molecule has 0 amide bonds. The van der Waals surface area contributed by atoms with Crippen LogP contribution in [0.1, 0.15) is 5.56 Å². The first-order chi connectivity index (χ1) is 6.24. The molecule has 0 aliphatic rings. The zero-order chi connectivity index (χ0) is 9.68. The van der Waals surface area contributed by atoms with Crippen molar-refractivity contribution >= 4 is 17.1 Å². The summed E-state index contributed by atoms with van der Waals surface area (Å²) < 4.78 is 21.4. The number of anilines is 1. The van der Waals surface area contributed by atoms with E-state index >= 15 is 0 Å². The van der Waals surface area contributed by atoms with Crippen molar-refractivity contribution in [1.82, 2.24) is 4.98 Å². The Bertz CT molecular complexity index is 306. The van der Waals surface area contributed by atoms with E-state index in [4.69, 9.17) is 10.3 Å². The monoisotopic (exact) mass is 201 g/mol. The molecule has 1 aromatic heterocycles. The van der Waals surface area contributed by atoms with E-state index < -0.39 is 11.3 Å². The van der Waals surface area contributed by atoms with Crippen LogP contribution in [-0.4, -0.2) is 20.3 Å². The first kappa shape index (κ1) is 10.1. The fraction of sp³-hybridized carbons (Fsp3) is 0.286. The molecule has 1 unspecified atom stereocenters. The summed E-state index contributed by atoms with van der Waals surface area (Å²) in [7, 11) is 0. The first-order valence-electron chi connectivity index (χ1n) is 3.75. The largest absolute Gasteiger partial charge is 0.330 e. The maximum absolute atomic E-state index is 10.5. The Morgan fingerprint density at radius 2 is 2.46 bits per heavy atom. The number of nitrogens with two attached hydrogens (primary N) is 1. The summed E-state index contributed by atoms with van der Waals surface area (Å²) in [5.74, 6) is 0.411. The number of nitrogens with one attached hydrogen (secondary N) is 1. The van der Waals surface area contributed by atoms with Crippen LogP contribution in [0.5, 0.6) is 0 Å². The molecule has 1 rings (SSSR count). The van der Waals surface area contributed by atoms with Crippen molar-refractivity contribution in [3.8, 4) is 0 Å². The molecule has 1 atom stereocenters. The van der Waals surface area contributed by atoms with E-state index in [0.717, 1.165) is 5.56 Å². The van der Waals surface area contributed by atoms with Crippen molar-refractivity contribution in [3.63, 3.8) is 0 Å². The minimum absolute atomic E-state index is 0.411. The van der Waals surface area contributed by atoms with Crippen molar-refractivity contribution in [1.29, 1.82) is 0 Å². The van der Waals surface area contributed by atoms with Gasteiger partial charge in [-0.2, -0.15) is 0 Å². The highest BCUT2D eigenvalue weighted by molar-refractivity contribution is 7.80. The summed E-state index contributed by atoms with van der Waals surface area (Å²) in [6.07, 6.45) is 2.18. The van der Waals surface area contributed by atoms with E-state index in [1.165, 1.54) is 0 Å². The van der Waals surface area contributed by atoms with E-state index in [9.17, 15) is 4.21 Å². The number of aromatic nitrogens is 1. The predicted molar refractivity (Wildman–Crippen MR) is 51.4 cm³/mol. The predicted octanol–water partition coefficient (Wildman–Crippen LogP) is 0.131. The highest BCUT2D eigenvalue weighted by Gasteiger charge is 2.03. The molecule has 0 spiro atoms.